The maximum absolute atomic E-state index is 12.8. The number of para-hydroxylation sites is 1. The van der Waals surface area contributed by atoms with Gasteiger partial charge in [0.15, 0.2) is 5.16 Å². The Kier molecular flexibility index (Phi) is 5.99. The smallest absolute Gasteiger partial charge is 0.263 e. The molecular weight excluding hydrogens is 386 g/mol. The predicted molar refractivity (Wildman–Crippen MR) is 115 cm³/mol. The molecule has 0 atom stereocenters. The van der Waals surface area contributed by atoms with E-state index in [0.717, 1.165) is 18.4 Å². The number of benzene rings is 1. The van der Waals surface area contributed by atoms with Gasteiger partial charge in [-0.15, -0.1) is 16.8 Å². The van der Waals surface area contributed by atoms with Crippen molar-refractivity contribution in [1.29, 1.82) is 0 Å². The lowest BCUT2D eigenvalue weighted by molar-refractivity contribution is -0.119. The van der Waals surface area contributed by atoms with E-state index in [1.807, 2.05) is 22.6 Å². The number of allylic oxidation sites excluding steroid dienone is 1. The average Bonchev–Trinajstić information content (AvgIpc) is 2.99. The number of nitrogens with zero attached hydrogens (tertiary/aromatic N) is 4. The first-order chi connectivity index (χ1) is 14.2. The Balaban J connectivity index is 1.60. The molecule has 29 heavy (non-hydrogen) atoms. The number of fused-ring (bicyclic) bond motifs is 3. The third-order valence-corrected chi connectivity index (χ3v) is 6.27. The molecule has 4 rings (SSSR count). The zero-order valence-corrected chi connectivity index (χ0v) is 17.2. The molecule has 1 N–H and O–H groups in total. The van der Waals surface area contributed by atoms with Gasteiger partial charge in [0.05, 0.1) is 16.7 Å². The SMILES string of the molecule is C=CCn1c(=O)c2ccccc2n2c(SCC(=O)NC3CCCCCC3)nnc12. The van der Waals surface area contributed by atoms with Gasteiger partial charge in [0, 0.05) is 12.6 Å². The summed E-state index contributed by atoms with van der Waals surface area (Å²) in [5.41, 5.74) is 0.618. The number of hydrogen-bond donors (Lipinski definition) is 1. The quantitative estimate of drug-likeness (QED) is 0.383. The second-order valence-corrected chi connectivity index (χ2v) is 8.33. The number of carbonyl (C=O) groups excluding carboxylic acids is 1. The molecule has 3 aromatic rings. The molecule has 1 fully saturated rings. The van der Waals surface area contributed by atoms with Gasteiger partial charge in [0.25, 0.3) is 5.56 Å². The minimum absolute atomic E-state index is 0.0161. The molecular formula is C21H25N5O2S. The molecule has 1 saturated carbocycles. The normalized spacial score (nSPS) is 15.4. The van der Waals surface area contributed by atoms with Crippen molar-refractivity contribution in [3.05, 3.63) is 47.3 Å². The van der Waals surface area contributed by atoms with Crippen LogP contribution < -0.4 is 10.9 Å². The Morgan fingerprint density at radius 2 is 1.97 bits per heavy atom. The molecule has 0 unspecified atom stereocenters. The highest BCUT2D eigenvalue weighted by Gasteiger charge is 2.18. The van der Waals surface area contributed by atoms with Crippen LogP contribution in [0.3, 0.4) is 0 Å². The molecule has 7 nitrogen and oxygen atoms in total. The maximum Gasteiger partial charge on any atom is 0.263 e. The number of amides is 1. The average molecular weight is 412 g/mol. The van der Waals surface area contributed by atoms with Gasteiger partial charge in [0.2, 0.25) is 11.7 Å². The van der Waals surface area contributed by atoms with E-state index in [9.17, 15) is 9.59 Å². The summed E-state index contributed by atoms with van der Waals surface area (Å²) < 4.78 is 3.40. The highest BCUT2D eigenvalue weighted by atomic mass is 32.2. The van der Waals surface area contributed by atoms with Crippen molar-refractivity contribution in [2.24, 2.45) is 0 Å². The van der Waals surface area contributed by atoms with Crippen LogP contribution in [0.25, 0.3) is 16.7 Å². The lowest BCUT2D eigenvalue weighted by Gasteiger charge is -2.15. The molecule has 0 saturated heterocycles. The van der Waals surface area contributed by atoms with Gasteiger partial charge in [-0.3, -0.25) is 18.6 Å². The fraction of sp³-hybridized carbons (Fsp3) is 0.429. The fourth-order valence-corrected chi connectivity index (χ4v) is 4.70. The Morgan fingerprint density at radius 3 is 2.72 bits per heavy atom. The lowest BCUT2D eigenvalue weighted by atomic mass is 10.1. The molecule has 0 radical (unpaired) electrons. The molecule has 0 bridgehead atoms. The lowest BCUT2D eigenvalue weighted by Crippen LogP contribution is -2.35. The van der Waals surface area contributed by atoms with Crippen LogP contribution in [0.1, 0.15) is 38.5 Å². The highest BCUT2D eigenvalue weighted by molar-refractivity contribution is 7.99. The van der Waals surface area contributed by atoms with Crippen molar-refractivity contribution >= 4 is 34.3 Å². The summed E-state index contributed by atoms with van der Waals surface area (Å²) >= 11 is 1.34. The number of carbonyl (C=O) groups is 1. The van der Waals surface area contributed by atoms with Crippen LogP contribution in [0.15, 0.2) is 46.9 Å². The van der Waals surface area contributed by atoms with E-state index in [2.05, 4.69) is 22.1 Å². The van der Waals surface area contributed by atoms with Crippen LogP contribution in [0.2, 0.25) is 0 Å². The number of nitrogens with one attached hydrogen (secondary N) is 1. The molecule has 152 valence electrons. The highest BCUT2D eigenvalue weighted by Crippen LogP contribution is 2.22. The van der Waals surface area contributed by atoms with Crippen molar-refractivity contribution in [3.63, 3.8) is 0 Å². The van der Waals surface area contributed by atoms with Crippen molar-refractivity contribution in [2.45, 2.75) is 56.3 Å². The molecule has 0 aliphatic heterocycles. The van der Waals surface area contributed by atoms with Gasteiger partial charge >= 0.3 is 0 Å². The molecule has 0 spiro atoms. The van der Waals surface area contributed by atoms with Gasteiger partial charge in [-0.2, -0.15) is 0 Å². The van der Waals surface area contributed by atoms with Gasteiger partial charge in [-0.05, 0) is 25.0 Å². The van der Waals surface area contributed by atoms with Crippen LogP contribution in [0, 0.1) is 0 Å². The molecule has 1 aliphatic carbocycles. The van der Waals surface area contributed by atoms with Gasteiger partial charge in [0.1, 0.15) is 0 Å². The molecule has 2 aromatic heterocycles. The summed E-state index contributed by atoms with van der Waals surface area (Å²) in [6, 6.07) is 7.67. The van der Waals surface area contributed by atoms with Crippen LogP contribution in [0.4, 0.5) is 0 Å². The zero-order valence-electron chi connectivity index (χ0n) is 16.3. The van der Waals surface area contributed by atoms with Crippen molar-refractivity contribution in [2.75, 3.05) is 5.75 Å². The summed E-state index contributed by atoms with van der Waals surface area (Å²) in [5.74, 6) is 0.745. The van der Waals surface area contributed by atoms with Crippen molar-refractivity contribution < 1.29 is 4.79 Å². The second kappa shape index (κ2) is 8.82. The monoisotopic (exact) mass is 411 g/mol. The van der Waals surface area contributed by atoms with E-state index in [1.54, 1.807) is 16.7 Å². The topological polar surface area (TPSA) is 81.3 Å². The van der Waals surface area contributed by atoms with Gasteiger partial charge < -0.3 is 5.32 Å². The van der Waals surface area contributed by atoms with E-state index in [4.69, 9.17) is 0 Å². The summed E-state index contributed by atoms with van der Waals surface area (Å²) in [6.45, 7) is 4.08. The van der Waals surface area contributed by atoms with Crippen molar-refractivity contribution in [3.8, 4) is 0 Å². The molecule has 1 aliphatic rings. The van der Waals surface area contributed by atoms with Crippen molar-refractivity contribution in [1.82, 2.24) is 24.5 Å². The zero-order chi connectivity index (χ0) is 20.2. The van der Waals surface area contributed by atoms with Crippen LogP contribution >= 0.6 is 11.8 Å². The minimum Gasteiger partial charge on any atom is -0.353 e. The number of thioether (sulfide) groups is 1. The largest absolute Gasteiger partial charge is 0.353 e. The van der Waals surface area contributed by atoms with E-state index in [1.165, 1.54) is 37.4 Å². The number of hydrogen-bond acceptors (Lipinski definition) is 5. The van der Waals surface area contributed by atoms with Crippen LogP contribution in [-0.4, -0.2) is 36.9 Å². The van der Waals surface area contributed by atoms with Gasteiger partial charge in [-0.25, -0.2) is 0 Å². The van der Waals surface area contributed by atoms with Crippen LogP contribution in [0.5, 0.6) is 0 Å². The van der Waals surface area contributed by atoms with E-state index < -0.39 is 0 Å². The Hall–Kier alpha value is -2.61. The standard InChI is InChI=1S/C21H25N5O2S/c1-2-13-25-19(28)16-11-7-8-12-17(16)26-20(25)23-24-21(26)29-14-18(27)22-15-9-5-3-4-6-10-15/h2,7-8,11-12,15H,1,3-6,9-10,13-14H2,(H,22,27). The van der Waals surface area contributed by atoms with Gasteiger partial charge in [-0.1, -0.05) is 55.7 Å². The van der Waals surface area contributed by atoms with E-state index in [-0.39, 0.29) is 23.3 Å². The Morgan fingerprint density at radius 1 is 1.21 bits per heavy atom. The number of aromatic nitrogens is 4. The van der Waals surface area contributed by atoms with E-state index >= 15 is 0 Å². The Bertz CT molecular complexity index is 1100. The number of rotatable bonds is 6. The summed E-state index contributed by atoms with van der Waals surface area (Å²) in [4.78, 5) is 25.3. The first-order valence-electron chi connectivity index (χ1n) is 10.1. The third kappa shape index (κ3) is 4.07. The summed E-state index contributed by atoms with van der Waals surface area (Å²) in [7, 11) is 0. The predicted octanol–water partition coefficient (Wildman–Crippen LogP) is 3.16. The first-order valence-corrected chi connectivity index (χ1v) is 11.1. The molecule has 2 heterocycles. The minimum atomic E-state index is -0.122. The summed E-state index contributed by atoms with van der Waals surface area (Å²) in [5, 5.41) is 12.8. The fourth-order valence-electron chi connectivity index (χ4n) is 3.94. The molecule has 1 amide bonds. The first kappa shape index (κ1) is 19.7. The maximum atomic E-state index is 12.8. The van der Waals surface area contributed by atoms with E-state index in [0.29, 0.717) is 22.9 Å². The molecule has 8 heteroatoms. The second-order valence-electron chi connectivity index (χ2n) is 7.38. The van der Waals surface area contributed by atoms with Crippen LogP contribution in [-0.2, 0) is 11.3 Å². The molecule has 1 aromatic carbocycles. The Labute approximate surface area is 173 Å². The third-order valence-electron chi connectivity index (χ3n) is 5.34. The summed E-state index contributed by atoms with van der Waals surface area (Å²) in [6.07, 6.45) is 8.65.